The summed E-state index contributed by atoms with van der Waals surface area (Å²) in [5.74, 6) is 0.964. The number of aromatic nitrogens is 3. The van der Waals surface area contributed by atoms with Gasteiger partial charge in [-0.05, 0) is 25.5 Å². The van der Waals surface area contributed by atoms with Gasteiger partial charge >= 0.3 is 0 Å². The third-order valence-electron chi connectivity index (χ3n) is 4.05. The van der Waals surface area contributed by atoms with Gasteiger partial charge in [0.2, 0.25) is 5.91 Å². The van der Waals surface area contributed by atoms with Crippen LogP contribution in [0.15, 0.2) is 66.3 Å². The van der Waals surface area contributed by atoms with Crippen LogP contribution in [0.1, 0.15) is 11.1 Å². The van der Waals surface area contributed by atoms with Gasteiger partial charge in [-0.3, -0.25) is 9.36 Å². The summed E-state index contributed by atoms with van der Waals surface area (Å²) in [5.41, 5.74) is 4.04. The lowest BCUT2D eigenvalue weighted by Crippen LogP contribution is -2.15. The van der Waals surface area contributed by atoms with Crippen molar-refractivity contribution in [2.24, 2.45) is 0 Å². The van der Waals surface area contributed by atoms with Crippen LogP contribution in [0.3, 0.4) is 0 Å². The van der Waals surface area contributed by atoms with Crippen LogP contribution in [0.25, 0.3) is 11.4 Å². The summed E-state index contributed by atoms with van der Waals surface area (Å²) in [6.07, 6.45) is 1.80. The van der Waals surface area contributed by atoms with Gasteiger partial charge in [-0.2, -0.15) is 0 Å². The smallest absolute Gasteiger partial charge is 0.234 e. The lowest BCUT2D eigenvalue weighted by molar-refractivity contribution is -0.113. The predicted molar refractivity (Wildman–Crippen MR) is 111 cm³/mol. The fourth-order valence-electron chi connectivity index (χ4n) is 2.76. The van der Waals surface area contributed by atoms with Gasteiger partial charge in [-0.25, -0.2) is 0 Å². The van der Waals surface area contributed by atoms with Crippen molar-refractivity contribution >= 4 is 23.4 Å². The molecule has 0 saturated carbocycles. The van der Waals surface area contributed by atoms with Crippen LogP contribution < -0.4 is 5.32 Å². The molecule has 2 aromatic carbocycles. The summed E-state index contributed by atoms with van der Waals surface area (Å²) in [7, 11) is 0. The van der Waals surface area contributed by atoms with Crippen molar-refractivity contribution in [3.63, 3.8) is 0 Å². The maximum atomic E-state index is 12.4. The van der Waals surface area contributed by atoms with E-state index < -0.39 is 0 Å². The van der Waals surface area contributed by atoms with E-state index in [0.29, 0.717) is 11.7 Å². The van der Waals surface area contributed by atoms with Gasteiger partial charge in [0.25, 0.3) is 0 Å². The topological polar surface area (TPSA) is 59.8 Å². The molecule has 1 aromatic heterocycles. The predicted octanol–water partition coefficient (Wildman–Crippen LogP) is 4.48. The maximum Gasteiger partial charge on any atom is 0.234 e. The van der Waals surface area contributed by atoms with Crippen LogP contribution in [-0.2, 0) is 11.3 Å². The van der Waals surface area contributed by atoms with Crippen molar-refractivity contribution in [3.8, 4) is 11.4 Å². The van der Waals surface area contributed by atoms with E-state index in [9.17, 15) is 4.79 Å². The number of thioether (sulfide) groups is 1. The SMILES string of the molecule is C=CCn1c(SCC(=O)Nc2ccc(C)cc2C)nnc1-c1ccccc1. The largest absolute Gasteiger partial charge is 0.325 e. The average Bonchev–Trinajstić information content (AvgIpc) is 3.06. The fraction of sp³-hybridized carbons (Fsp3) is 0.190. The molecule has 1 heterocycles. The second kappa shape index (κ2) is 8.68. The van der Waals surface area contributed by atoms with Crippen molar-refractivity contribution in [3.05, 3.63) is 72.3 Å². The first kappa shape index (κ1) is 18.9. The summed E-state index contributed by atoms with van der Waals surface area (Å²) in [6, 6.07) is 15.8. The monoisotopic (exact) mass is 378 g/mol. The van der Waals surface area contributed by atoms with Gasteiger partial charge < -0.3 is 5.32 Å². The van der Waals surface area contributed by atoms with E-state index in [-0.39, 0.29) is 11.7 Å². The quantitative estimate of drug-likeness (QED) is 0.486. The fourth-order valence-corrected chi connectivity index (χ4v) is 3.51. The van der Waals surface area contributed by atoms with Crippen molar-refractivity contribution in [2.45, 2.75) is 25.5 Å². The van der Waals surface area contributed by atoms with E-state index >= 15 is 0 Å². The third-order valence-corrected chi connectivity index (χ3v) is 5.02. The van der Waals surface area contributed by atoms with Crippen LogP contribution in [0.2, 0.25) is 0 Å². The molecule has 0 saturated heterocycles. The molecule has 1 amide bonds. The highest BCUT2D eigenvalue weighted by molar-refractivity contribution is 7.99. The minimum atomic E-state index is -0.0682. The minimum absolute atomic E-state index is 0.0682. The van der Waals surface area contributed by atoms with Gasteiger partial charge in [-0.15, -0.1) is 16.8 Å². The first-order valence-electron chi connectivity index (χ1n) is 8.68. The summed E-state index contributed by atoms with van der Waals surface area (Å²) in [5, 5.41) is 12.2. The number of carbonyl (C=O) groups is 1. The molecule has 0 unspecified atom stereocenters. The van der Waals surface area contributed by atoms with E-state index in [0.717, 1.165) is 22.6 Å². The molecular formula is C21H22N4OS. The molecule has 1 N–H and O–H groups in total. The Hall–Kier alpha value is -2.86. The zero-order valence-electron chi connectivity index (χ0n) is 15.5. The van der Waals surface area contributed by atoms with Gasteiger partial charge in [0.1, 0.15) is 0 Å². The Morgan fingerprint density at radius 1 is 1.19 bits per heavy atom. The standard InChI is InChI=1S/C21H22N4OS/c1-4-12-25-20(17-8-6-5-7-9-17)23-24-21(25)27-14-19(26)22-18-11-10-15(2)13-16(18)3/h4-11,13H,1,12,14H2,2-3H3,(H,22,26). The number of allylic oxidation sites excluding steroid dienone is 1. The van der Waals surface area contributed by atoms with Crippen LogP contribution in [0.4, 0.5) is 5.69 Å². The lowest BCUT2D eigenvalue weighted by atomic mass is 10.1. The highest BCUT2D eigenvalue weighted by Gasteiger charge is 2.15. The number of nitrogens with zero attached hydrogens (tertiary/aromatic N) is 3. The Morgan fingerprint density at radius 3 is 2.67 bits per heavy atom. The summed E-state index contributed by atoms with van der Waals surface area (Å²) < 4.78 is 1.97. The number of amides is 1. The molecule has 0 aliphatic rings. The van der Waals surface area contributed by atoms with Gasteiger partial charge in [0.15, 0.2) is 11.0 Å². The number of rotatable bonds is 7. The Kier molecular flexibility index (Phi) is 6.08. The third kappa shape index (κ3) is 4.65. The highest BCUT2D eigenvalue weighted by Crippen LogP contribution is 2.24. The number of anilines is 1. The van der Waals surface area contributed by atoms with Gasteiger partial charge in [0, 0.05) is 17.8 Å². The first-order chi connectivity index (χ1) is 13.1. The Bertz CT molecular complexity index is 950. The van der Waals surface area contributed by atoms with Crippen LogP contribution in [-0.4, -0.2) is 26.4 Å². The molecule has 138 valence electrons. The van der Waals surface area contributed by atoms with Crippen molar-refractivity contribution in [2.75, 3.05) is 11.1 Å². The Morgan fingerprint density at radius 2 is 1.96 bits per heavy atom. The molecule has 3 aromatic rings. The Labute approximate surface area is 163 Å². The molecule has 0 aliphatic heterocycles. The molecule has 5 nitrogen and oxygen atoms in total. The van der Waals surface area contributed by atoms with Crippen LogP contribution in [0, 0.1) is 13.8 Å². The molecule has 0 aliphatic carbocycles. The van der Waals surface area contributed by atoms with Crippen LogP contribution >= 0.6 is 11.8 Å². The molecular weight excluding hydrogens is 356 g/mol. The number of carbonyl (C=O) groups excluding carboxylic acids is 1. The van der Waals surface area contributed by atoms with E-state index in [2.05, 4.69) is 28.2 Å². The van der Waals surface area contributed by atoms with E-state index in [1.54, 1.807) is 6.08 Å². The van der Waals surface area contributed by atoms with Crippen LogP contribution in [0.5, 0.6) is 0 Å². The second-order valence-electron chi connectivity index (χ2n) is 6.23. The number of hydrogen-bond acceptors (Lipinski definition) is 4. The van der Waals surface area contributed by atoms with E-state index in [4.69, 9.17) is 0 Å². The lowest BCUT2D eigenvalue weighted by Gasteiger charge is -2.10. The molecule has 0 atom stereocenters. The molecule has 6 heteroatoms. The van der Waals surface area contributed by atoms with Crippen molar-refractivity contribution < 1.29 is 4.79 Å². The zero-order valence-corrected chi connectivity index (χ0v) is 16.3. The highest BCUT2D eigenvalue weighted by atomic mass is 32.2. The second-order valence-corrected chi connectivity index (χ2v) is 7.17. The molecule has 0 bridgehead atoms. The number of hydrogen-bond donors (Lipinski definition) is 1. The van der Waals surface area contributed by atoms with Crippen molar-refractivity contribution in [1.82, 2.24) is 14.8 Å². The number of aryl methyl sites for hydroxylation is 2. The van der Waals surface area contributed by atoms with Gasteiger partial charge in [-0.1, -0.05) is 65.9 Å². The van der Waals surface area contributed by atoms with Crippen molar-refractivity contribution in [1.29, 1.82) is 0 Å². The van der Waals surface area contributed by atoms with Gasteiger partial charge in [0.05, 0.1) is 5.75 Å². The molecule has 0 radical (unpaired) electrons. The minimum Gasteiger partial charge on any atom is -0.325 e. The Balaban J connectivity index is 1.71. The van der Waals surface area contributed by atoms with E-state index in [1.807, 2.05) is 60.9 Å². The molecule has 0 fully saturated rings. The summed E-state index contributed by atoms with van der Waals surface area (Å²) in [4.78, 5) is 12.4. The summed E-state index contributed by atoms with van der Waals surface area (Å²) in [6.45, 7) is 8.42. The molecule has 0 spiro atoms. The zero-order chi connectivity index (χ0) is 19.2. The first-order valence-corrected chi connectivity index (χ1v) is 9.66. The number of benzene rings is 2. The normalized spacial score (nSPS) is 10.6. The molecule has 3 rings (SSSR count). The summed E-state index contributed by atoms with van der Waals surface area (Å²) >= 11 is 1.37. The number of nitrogens with one attached hydrogen (secondary N) is 1. The van der Waals surface area contributed by atoms with E-state index in [1.165, 1.54) is 17.3 Å². The maximum absolute atomic E-state index is 12.4. The average molecular weight is 379 g/mol. The molecule has 27 heavy (non-hydrogen) atoms.